The average molecular weight is 372 g/mol. The first-order chi connectivity index (χ1) is 12.6. The standard InChI is InChI=1S/C18H20N4O3S/c23-26(24,15-14-25-16-6-2-1-3-7-16)20-11-13-22-12-9-18(21-22)17-8-4-5-10-19-17/h1-10,12,20H,11,13-15H2. The highest BCUT2D eigenvalue weighted by molar-refractivity contribution is 7.89. The van der Waals surface area contributed by atoms with Gasteiger partial charge in [0, 0.05) is 18.9 Å². The molecule has 0 fully saturated rings. The van der Waals surface area contributed by atoms with Crippen LogP contribution in [0.3, 0.4) is 0 Å². The molecule has 3 aromatic rings. The Balaban J connectivity index is 1.43. The van der Waals surface area contributed by atoms with E-state index in [1.54, 1.807) is 29.2 Å². The fourth-order valence-corrected chi connectivity index (χ4v) is 3.16. The molecule has 0 unspecified atom stereocenters. The van der Waals surface area contributed by atoms with Crippen molar-refractivity contribution in [3.8, 4) is 17.1 Å². The summed E-state index contributed by atoms with van der Waals surface area (Å²) in [6.07, 6.45) is 3.51. The normalized spacial score (nSPS) is 11.4. The topological polar surface area (TPSA) is 86.1 Å². The van der Waals surface area contributed by atoms with Gasteiger partial charge in [0.15, 0.2) is 0 Å². The van der Waals surface area contributed by atoms with Gasteiger partial charge in [0.2, 0.25) is 10.0 Å². The summed E-state index contributed by atoms with van der Waals surface area (Å²) in [5.41, 5.74) is 1.54. The molecule has 26 heavy (non-hydrogen) atoms. The smallest absolute Gasteiger partial charge is 0.215 e. The summed E-state index contributed by atoms with van der Waals surface area (Å²) >= 11 is 0. The van der Waals surface area contributed by atoms with Crippen LogP contribution in [-0.2, 0) is 16.6 Å². The molecule has 0 aliphatic carbocycles. The van der Waals surface area contributed by atoms with E-state index in [9.17, 15) is 8.42 Å². The van der Waals surface area contributed by atoms with Crippen molar-refractivity contribution in [2.45, 2.75) is 6.54 Å². The van der Waals surface area contributed by atoms with Crippen LogP contribution in [-0.4, -0.2) is 42.1 Å². The number of ether oxygens (including phenoxy) is 1. The van der Waals surface area contributed by atoms with Crippen molar-refractivity contribution in [2.24, 2.45) is 0 Å². The molecule has 8 heteroatoms. The van der Waals surface area contributed by atoms with Crippen molar-refractivity contribution < 1.29 is 13.2 Å². The molecule has 3 rings (SSSR count). The van der Waals surface area contributed by atoms with E-state index in [0.717, 1.165) is 11.4 Å². The first kappa shape index (κ1) is 18.1. The van der Waals surface area contributed by atoms with E-state index in [1.165, 1.54) is 0 Å². The third-order valence-corrected chi connectivity index (χ3v) is 4.94. The van der Waals surface area contributed by atoms with Crippen molar-refractivity contribution in [2.75, 3.05) is 18.9 Å². The Hall–Kier alpha value is -2.71. The number of hydrogen-bond donors (Lipinski definition) is 1. The van der Waals surface area contributed by atoms with Gasteiger partial charge in [-0.15, -0.1) is 0 Å². The highest BCUT2D eigenvalue weighted by Crippen LogP contribution is 2.12. The number of hydrogen-bond acceptors (Lipinski definition) is 5. The average Bonchev–Trinajstić information content (AvgIpc) is 3.12. The summed E-state index contributed by atoms with van der Waals surface area (Å²) in [5, 5.41) is 4.40. The van der Waals surface area contributed by atoms with Crippen LogP contribution in [0.1, 0.15) is 0 Å². The molecule has 0 spiro atoms. The van der Waals surface area contributed by atoms with Gasteiger partial charge in [0.25, 0.3) is 0 Å². The Morgan fingerprint density at radius 1 is 1.00 bits per heavy atom. The molecule has 1 N–H and O–H groups in total. The van der Waals surface area contributed by atoms with Crippen LogP contribution in [0, 0.1) is 0 Å². The SMILES string of the molecule is O=S(=O)(CCOc1ccccc1)NCCn1ccc(-c2ccccn2)n1. The van der Waals surface area contributed by atoms with E-state index < -0.39 is 10.0 Å². The molecule has 0 saturated carbocycles. The minimum absolute atomic E-state index is 0.0970. The molecule has 2 aromatic heterocycles. The summed E-state index contributed by atoms with van der Waals surface area (Å²) < 4.78 is 33.7. The Morgan fingerprint density at radius 2 is 1.81 bits per heavy atom. The van der Waals surface area contributed by atoms with Crippen molar-refractivity contribution in [1.82, 2.24) is 19.5 Å². The molecule has 2 heterocycles. The van der Waals surface area contributed by atoms with Gasteiger partial charge in [0.1, 0.15) is 18.1 Å². The first-order valence-electron chi connectivity index (χ1n) is 8.22. The predicted octanol–water partition coefficient (Wildman–Crippen LogP) is 1.94. The molecule has 0 atom stereocenters. The zero-order valence-electron chi connectivity index (χ0n) is 14.2. The van der Waals surface area contributed by atoms with Gasteiger partial charge < -0.3 is 4.74 Å². The molecule has 1 aromatic carbocycles. The van der Waals surface area contributed by atoms with Crippen LogP contribution in [0.4, 0.5) is 0 Å². The number of nitrogens with zero attached hydrogens (tertiary/aromatic N) is 3. The first-order valence-corrected chi connectivity index (χ1v) is 9.88. The largest absolute Gasteiger partial charge is 0.492 e. The molecular weight excluding hydrogens is 352 g/mol. The summed E-state index contributed by atoms with van der Waals surface area (Å²) in [4.78, 5) is 4.24. The fourth-order valence-electron chi connectivity index (χ4n) is 2.31. The monoisotopic (exact) mass is 372 g/mol. The van der Waals surface area contributed by atoms with Crippen LogP contribution in [0.2, 0.25) is 0 Å². The van der Waals surface area contributed by atoms with E-state index in [0.29, 0.717) is 12.3 Å². The lowest BCUT2D eigenvalue weighted by Crippen LogP contribution is -2.31. The van der Waals surface area contributed by atoms with Crippen LogP contribution < -0.4 is 9.46 Å². The number of sulfonamides is 1. The van der Waals surface area contributed by atoms with Crippen LogP contribution in [0.5, 0.6) is 5.75 Å². The second-order valence-corrected chi connectivity index (χ2v) is 7.48. The molecule has 136 valence electrons. The lowest BCUT2D eigenvalue weighted by molar-refractivity contribution is 0.340. The second kappa shape index (κ2) is 8.59. The van der Waals surface area contributed by atoms with E-state index in [-0.39, 0.29) is 18.9 Å². The van der Waals surface area contributed by atoms with Crippen molar-refractivity contribution in [1.29, 1.82) is 0 Å². The number of benzene rings is 1. The van der Waals surface area contributed by atoms with Gasteiger partial charge in [-0.1, -0.05) is 24.3 Å². The van der Waals surface area contributed by atoms with Gasteiger partial charge in [-0.2, -0.15) is 5.10 Å². The number of nitrogens with one attached hydrogen (secondary N) is 1. The summed E-state index contributed by atoms with van der Waals surface area (Å²) in [5.74, 6) is 0.557. The van der Waals surface area contributed by atoms with Crippen LogP contribution in [0.15, 0.2) is 67.0 Å². The van der Waals surface area contributed by atoms with Crippen molar-refractivity contribution >= 4 is 10.0 Å². The lowest BCUT2D eigenvalue weighted by Gasteiger charge is -2.08. The van der Waals surface area contributed by atoms with Crippen LogP contribution in [0.25, 0.3) is 11.4 Å². The zero-order valence-corrected chi connectivity index (χ0v) is 15.0. The van der Waals surface area contributed by atoms with Crippen LogP contribution >= 0.6 is 0 Å². The summed E-state index contributed by atoms with van der Waals surface area (Å²) in [7, 11) is -3.40. The summed E-state index contributed by atoms with van der Waals surface area (Å²) in [6, 6.07) is 16.6. The molecule has 0 bridgehead atoms. The minimum Gasteiger partial charge on any atom is -0.492 e. The van der Waals surface area contributed by atoms with Gasteiger partial charge in [-0.3, -0.25) is 9.67 Å². The van der Waals surface area contributed by atoms with Gasteiger partial charge in [-0.25, -0.2) is 13.1 Å². The van der Waals surface area contributed by atoms with E-state index >= 15 is 0 Å². The number of pyridine rings is 1. The van der Waals surface area contributed by atoms with Crippen molar-refractivity contribution in [3.05, 3.63) is 67.0 Å². The number of aromatic nitrogens is 3. The molecule has 0 saturated heterocycles. The Morgan fingerprint density at radius 3 is 2.58 bits per heavy atom. The highest BCUT2D eigenvalue weighted by atomic mass is 32.2. The fraction of sp³-hybridized carbons (Fsp3) is 0.222. The number of para-hydroxylation sites is 1. The second-order valence-electron chi connectivity index (χ2n) is 5.55. The third-order valence-electron chi connectivity index (χ3n) is 3.59. The van der Waals surface area contributed by atoms with E-state index in [4.69, 9.17) is 4.74 Å². The number of rotatable bonds is 9. The van der Waals surface area contributed by atoms with E-state index in [1.807, 2.05) is 42.5 Å². The predicted molar refractivity (Wildman–Crippen MR) is 99.2 cm³/mol. The maximum atomic E-state index is 12.0. The quantitative estimate of drug-likeness (QED) is 0.620. The minimum atomic E-state index is -3.40. The zero-order chi connectivity index (χ0) is 18.2. The summed E-state index contributed by atoms with van der Waals surface area (Å²) in [6.45, 7) is 0.799. The Labute approximate surface area is 152 Å². The highest BCUT2D eigenvalue weighted by Gasteiger charge is 2.10. The van der Waals surface area contributed by atoms with Crippen molar-refractivity contribution in [3.63, 3.8) is 0 Å². The third kappa shape index (κ3) is 5.40. The lowest BCUT2D eigenvalue weighted by atomic mass is 10.3. The molecular formula is C18H20N4O3S. The van der Waals surface area contributed by atoms with E-state index in [2.05, 4.69) is 14.8 Å². The maximum Gasteiger partial charge on any atom is 0.215 e. The molecule has 0 amide bonds. The maximum absolute atomic E-state index is 12.0. The molecule has 7 nitrogen and oxygen atoms in total. The molecule has 0 aliphatic heterocycles. The Kier molecular flexibility index (Phi) is 5.98. The Bertz CT molecular complexity index is 912. The van der Waals surface area contributed by atoms with Gasteiger partial charge >= 0.3 is 0 Å². The van der Waals surface area contributed by atoms with Gasteiger partial charge in [0.05, 0.1) is 18.0 Å². The van der Waals surface area contributed by atoms with Gasteiger partial charge in [-0.05, 0) is 30.3 Å². The molecule has 0 aliphatic rings. The molecule has 0 radical (unpaired) electrons.